The van der Waals surface area contributed by atoms with Crippen LogP contribution in [0, 0.1) is 0 Å². The van der Waals surface area contributed by atoms with Crippen LogP contribution in [0.3, 0.4) is 0 Å². The van der Waals surface area contributed by atoms with Crippen molar-refractivity contribution in [3.8, 4) is 22.8 Å². The van der Waals surface area contributed by atoms with Crippen LogP contribution in [-0.2, 0) is 5.41 Å². The van der Waals surface area contributed by atoms with Crippen LogP contribution in [0.2, 0.25) is 5.28 Å². The highest BCUT2D eigenvalue weighted by Gasteiger charge is 2.36. The fourth-order valence-electron chi connectivity index (χ4n) is 8.17. The molecule has 0 amide bonds. The van der Waals surface area contributed by atoms with Gasteiger partial charge in [-0.2, -0.15) is 9.97 Å². The molecule has 0 unspecified atom stereocenters. The van der Waals surface area contributed by atoms with Gasteiger partial charge in [0.2, 0.25) is 5.28 Å². The third-order valence-electron chi connectivity index (χ3n) is 11.0. The van der Waals surface area contributed by atoms with Gasteiger partial charge in [0.1, 0.15) is 0 Å². The molecule has 0 N–H and O–H groups in total. The maximum absolute atomic E-state index is 6.89. The Kier molecular flexibility index (Phi) is 11.2. The third kappa shape index (κ3) is 7.59. The van der Waals surface area contributed by atoms with E-state index < -0.39 is 20.1 Å². The number of halogens is 1. The smallest absolute Gasteiger partial charge is 0.208 e. The monoisotopic (exact) mass is 847 g/mol. The Labute approximate surface area is 367 Å². The summed E-state index contributed by atoms with van der Waals surface area (Å²) in [6.07, 6.45) is 0. The van der Waals surface area contributed by atoms with Gasteiger partial charge < -0.3 is 0 Å². The average Bonchev–Trinajstić information content (AvgIpc) is 3.31. The van der Waals surface area contributed by atoms with E-state index in [2.05, 4.69) is 245 Å². The molecule has 0 spiro atoms. The summed E-state index contributed by atoms with van der Waals surface area (Å²) in [5, 5.41) is 0.145. The van der Waals surface area contributed by atoms with Gasteiger partial charge in [-0.05, 0) is 120 Å². The molecule has 0 radical (unpaired) electrons. The van der Waals surface area contributed by atoms with E-state index in [0.29, 0.717) is 11.6 Å². The quantitative estimate of drug-likeness (QED) is 0.138. The SMILES string of the molecule is CC(C)(C)c1cccc(S(c2ccccc2)(c2ccccc2)c2cccc(-c3nc(Cl)nc(-c4cccc(S(c5ccccc5)(c5ccccc5)c5ccccc5)c4)n3)c2)c1. The van der Waals surface area contributed by atoms with Crippen LogP contribution in [-0.4, -0.2) is 15.0 Å². The van der Waals surface area contributed by atoms with Gasteiger partial charge in [-0.15, -0.1) is 20.1 Å². The molecule has 8 aromatic carbocycles. The van der Waals surface area contributed by atoms with Gasteiger partial charge in [-0.25, -0.2) is 4.98 Å². The predicted octanol–water partition coefficient (Wildman–Crippen LogP) is 15.8. The fourth-order valence-corrected chi connectivity index (χ4v) is 16.2. The number of nitrogens with zero attached hydrogens (tertiary/aromatic N) is 3. The molecule has 6 heteroatoms. The highest BCUT2D eigenvalue weighted by molar-refractivity contribution is 8.34. The first-order chi connectivity index (χ1) is 29.8. The second kappa shape index (κ2) is 17.0. The van der Waals surface area contributed by atoms with Crippen molar-refractivity contribution in [3.63, 3.8) is 0 Å². The van der Waals surface area contributed by atoms with Crippen LogP contribution in [0.4, 0.5) is 0 Å². The lowest BCUT2D eigenvalue weighted by molar-refractivity contribution is 0.588. The summed E-state index contributed by atoms with van der Waals surface area (Å²) in [6, 6.07) is 80.9. The molecule has 300 valence electrons. The molecule has 61 heavy (non-hydrogen) atoms. The number of hydrogen-bond donors (Lipinski definition) is 0. The second-order valence-corrected chi connectivity index (χ2v) is 22.4. The van der Waals surface area contributed by atoms with Crippen molar-refractivity contribution in [2.75, 3.05) is 0 Å². The molecule has 0 saturated heterocycles. The summed E-state index contributed by atoms with van der Waals surface area (Å²) in [6.45, 7) is 6.83. The van der Waals surface area contributed by atoms with Crippen molar-refractivity contribution >= 4 is 31.7 Å². The molecular weight excluding hydrogens is 802 g/mol. The van der Waals surface area contributed by atoms with E-state index in [0.717, 1.165) is 11.1 Å². The molecule has 1 heterocycles. The van der Waals surface area contributed by atoms with Crippen molar-refractivity contribution < 1.29 is 0 Å². The van der Waals surface area contributed by atoms with Crippen LogP contribution in [0.25, 0.3) is 22.8 Å². The van der Waals surface area contributed by atoms with Crippen molar-refractivity contribution in [3.05, 3.63) is 235 Å². The lowest BCUT2D eigenvalue weighted by Crippen LogP contribution is -2.12. The molecule has 0 aliphatic heterocycles. The lowest BCUT2D eigenvalue weighted by atomic mass is 9.87. The summed E-state index contributed by atoms with van der Waals surface area (Å²) < 4.78 is 0. The van der Waals surface area contributed by atoms with Gasteiger partial charge in [-0.1, -0.05) is 148 Å². The van der Waals surface area contributed by atoms with Gasteiger partial charge in [0.25, 0.3) is 0 Å². The Balaban J connectivity index is 1.23. The van der Waals surface area contributed by atoms with Crippen molar-refractivity contribution in [2.45, 2.75) is 65.4 Å². The Morgan fingerprint density at radius 2 is 0.623 bits per heavy atom. The third-order valence-corrected chi connectivity index (χ3v) is 19.0. The highest BCUT2D eigenvalue weighted by Crippen LogP contribution is 2.75. The molecule has 9 aromatic rings. The van der Waals surface area contributed by atoms with Gasteiger partial charge in [0.15, 0.2) is 11.6 Å². The maximum atomic E-state index is 6.89. The zero-order valence-corrected chi connectivity index (χ0v) is 36.8. The summed E-state index contributed by atoms with van der Waals surface area (Å²) in [5.41, 5.74) is 2.99. The van der Waals surface area contributed by atoms with Gasteiger partial charge >= 0.3 is 0 Å². The zero-order chi connectivity index (χ0) is 41.9. The molecule has 0 aliphatic rings. The van der Waals surface area contributed by atoms with Crippen LogP contribution in [0.15, 0.2) is 264 Å². The van der Waals surface area contributed by atoms with Gasteiger partial charge in [0.05, 0.1) is 0 Å². The van der Waals surface area contributed by atoms with E-state index in [1.165, 1.54) is 44.7 Å². The number of aromatic nitrogens is 3. The number of hydrogen-bond acceptors (Lipinski definition) is 3. The van der Waals surface area contributed by atoms with Crippen molar-refractivity contribution in [2.24, 2.45) is 0 Å². The van der Waals surface area contributed by atoms with E-state index in [4.69, 9.17) is 26.6 Å². The summed E-state index contributed by atoms with van der Waals surface area (Å²) in [4.78, 5) is 24.6. The first-order valence-electron chi connectivity index (χ1n) is 20.4. The first kappa shape index (κ1) is 40.2. The summed E-state index contributed by atoms with van der Waals surface area (Å²) >= 11 is 6.89. The molecule has 0 bridgehead atoms. The maximum Gasteiger partial charge on any atom is 0.226 e. The second-order valence-electron chi connectivity index (χ2n) is 15.9. The van der Waals surface area contributed by atoms with E-state index in [9.17, 15) is 0 Å². The number of benzene rings is 8. The largest absolute Gasteiger partial charge is 0.226 e. The molecule has 3 nitrogen and oxygen atoms in total. The van der Waals surface area contributed by atoms with Crippen LogP contribution in [0.5, 0.6) is 0 Å². The number of rotatable bonds is 10. The van der Waals surface area contributed by atoms with E-state index >= 15 is 0 Å². The van der Waals surface area contributed by atoms with E-state index in [1.54, 1.807) is 0 Å². The van der Waals surface area contributed by atoms with Crippen LogP contribution < -0.4 is 0 Å². The van der Waals surface area contributed by atoms with Crippen LogP contribution in [0.1, 0.15) is 26.3 Å². The Morgan fingerprint density at radius 3 is 0.967 bits per heavy atom. The standard InChI is InChI=1S/C55H46ClN3S2/c1-55(2,3)43-24-21-37-51(40-43)61(47-31-15-7-16-32-47,48-33-17-8-18-34-48)50-36-20-23-42(39-50)53-57-52(58-54(56)59-53)41-22-19-35-49(38-41)60(44-25-9-4-10-26-44,45-27-11-5-12-28-45)46-29-13-6-14-30-46/h4-40H,1-3H3. The van der Waals surface area contributed by atoms with Crippen molar-refractivity contribution in [1.29, 1.82) is 0 Å². The minimum atomic E-state index is -2.00. The van der Waals surface area contributed by atoms with Gasteiger partial charge in [0, 0.05) is 50.3 Å². The molecule has 0 atom stereocenters. The molecule has 1 aromatic heterocycles. The Hall–Kier alpha value is -6.24. The topological polar surface area (TPSA) is 38.7 Å². The van der Waals surface area contributed by atoms with Crippen LogP contribution >= 0.6 is 31.7 Å². The molecule has 9 rings (SSSR count). The summed E-state index contributed by atoms with van der Waals surface area (Å²) in [5.74, 6) is 1.04. The van der Waals surface area contributed by atoms with Gasteiger partial charge in [-0.3, -0.25) is 0 Å². The highest BCUT2D eigenvalue weighted by atomic mass is 35.5. The Morgan fingerprint density at radius 1 is 0.328 bits per heavy atom. The molecular formula is C55H46ClN3S2. The molecule has 0 fully saturated rings. The summed E-state index contributed by atoms with van der Waals surface area (Å²) in [7, 11) is -3.93. The van der Waals surface area contributed by atoms with E-state index in [1.807, 2.05) is 0 Å². The average molecular weight is 849 g/mol. The lowest BCUT2D eigenvalue weighted by Gasteiger charge is -2.42. The Bertz CT molecular complexity index is 2770. The van der Waals surface area contributed by atoms with E-state index in [-0.39, 0.29) is 10.7 Å². The molecule has 0 saturated carbocycles. The fraction of sp³-hybridized carbons (Fsp3) is 0.0727. The molecule has 0 aliphatic carbocycles. The predicted molar refractivity (Wildman–Crippen MR) is 254 cm³/mol. The van der Waals surface area contributed by atoms with Crippen molar-refractivity contribution in [1.82, 2.24) is 15.0 Å². The minimum Gasteiger partial charge on any atom is -0.208 e. The first-order valence-corrected chi connectivity index (χ1v) is 24.1. The normalized spacial score (nSPS) is 12.5. The minimum absolute atomic E-state index is 0.0316. The zero-order valence-electron chi connectivity index (χ0n) is 34.4.